The average Bonchev–Trinajstić information content (AvgIpc) is 3.01. The molecule has 0 saturated carbocycles. The Balaban J connectivity index is 1.98. The first-order valence-corrected chi connectivity index (χ1v) is 10.2. The number of benzene rings is 1. The zero-order valence-electron chi connectivity index (χ0n) is 14.1. The Kier molecular flexibility index (Phi) is 6.77. The van der Waals surface area contributed by atoms with Gasteiger partial charge in [0.05, 0.1) is 24.1 Å². The van der Waals surface area contributed by atoms with E-state index in [2.05, 4.69) is 15.0 Å². The highest BCUT2D eigenvalue weighted by Gasteiger charge is 2.17. The maximum atomic E-state index is 12.3. The molecular formula is C16H21N3O4S2. The number of rotatable bonds is 9. The van der Waals surface area contributed by atoms with Crippen molar-refractivity contribution in [3.63, 3.8) is 0 Å². The van der Waals surface area contributed by atoms with E-state index in [9.17, 15) is 13.2 Å². The van der Waals surface area contributed by atoms with Crippen LogP contribution in [0.3, 0.4) is 0 Å². The third-order valence-electron chi connectivity index (χ3n) is 3.34. The Morgan fingerprint density at radius 3 is 2.64 bits per heavy atom. The standard InChI is InChI=1S/C16H21N3O4S2/c1-3-4-9-17-15(20)10-12-11-24-16(18-12)19-25(21,22)14-7-5-13(23-2)6-8-14/h5-8,11H,3-4,9-10H2,1-2H3,(H,17,20)(H,18,19). The van der Waals surface area contributed by atoms with E-state index in [1.54, 1.807) is 17.5 Å². The van der Waals surface area contributed by atoms with Gasteiger partial charge in [-0.05, 0) is 30.7 Å². The Bertz CT molecular complexity index is 801. The first kappa shape index (κ1) is 19.2. The van der Waals surface area contributed by atoms with Crippen LogP contribution in [0.5, 0.6) is 5.75 Å². The van der Waals surface area contributed by atoms with E-state index in [0.29, 0.717) is 18.0 Å². The molecule has 2 rings (SSSR count). The number of unbranched alkanes of at least 4 members (excludes halogenated alkanes) is 1. The molecule has 0 saturated heterocycles. The summed E-state index contributed by atoms with van der Waals surface area (Å²) in [5, 5.41) is 4.70. The highest BCUT2D eigenvalue weighted by atomic mass is 32.2. The lowest BCUT2D eigenvalue weighted by Crippen LogP contribution is -2.26. The molecule has 0 aliphatic carbocycles. The Morgan fingerprint density at radius 1 is 1.28 bits per heavy atom. The summed E-state index contributed by atoms with van der Waals surface area (Å²) in [5.41, 5.74) is 0.534. The molecule has 0 bridgehead atoms. The molecule has 25 heavy (non-hydrogen) atoms. The van der Waals surface area contributed by atoms with Crippen molar-refractivity contribution in [1.82, 2.24) is 10.3 Å². The SMILES string of the molecule is CCCCNC(=O)Cc1csc(NS(=O)(=O)c2ccc(OC)cc2)n1. The van der Waals surface area contributed by atoms with Crippen LogP contribution in [0.4, 0.5) is 5.13 Å². The number of hydrogen-bond donors (Lipinski definition) is 2. The van der Waals surface area contributed by atoms with Crippen molar-refractivity contribution in [1.29, 1.82) is 0 Å². The number of ether oxygens (including phenoxy) is 1. The van der Waals surface area contributed by atoms with Gasteiger partial charge >= 0.3 is 0 Å². The molecular weight excluding hydrogens is 362 g/mol. The second-order valence-corrected chi connectivity index (χ2v) is 7.85. The number of amides is 1. The van der Waals surface area contributed by atoms with Gasteiger partial charge in [0.15, 0.2) is 5.13 Å². The quantitative estimate of drug-likeness (QED) is 0.648. The number of anilines is 1. The van der Waals surface area contributed by atoms with E-state index >= 15 is 0 Å². The predicted molar refractivity (Wildman–Crippen MR) is 97.5 cm³/mol. The van der Waals surface area contributed by atoms with Gasteiger partial charge < -0.3 is 10.1 Å². The van der Waals surface area contributed by atoms with Crippen LogP contribution in [-0.2, 0) is 21.2 Å². The van der Waals surface area contributed by atoms with Gasteiger partial charge in [0.25, 0.3) is 10.0 Å². The molecule has 0 radical (unpaired) electrons. The van der Waals surface area contributed by atoms with Crippen LogP contribution < -0.4 is 14.8 Å². The summed E-state index contributed by atoms with van der Waals surface area (Å²) in [5.74, 6) is 0.452. The molecule has 1 heterocycles. The van der Waals surface area contributed by atoms with Crippen molar-refractivity contribution in [3.05, 3.63) is 35.3 Å². The van der Waals surface area contributed by atoms with E-state index in [1.807, 2.05) is 6.92 Å². The summed E-state index contributed by atoms with van der Waals surface area (Å²) in [4.78, 5) is 16.0. The number of thiazole rings is 1. The largest absolute Gasteiger partial charge is 0.497 e. The van der Waals surface area contributed by atoms with Gasteiger partial charge in [0.2, 0.25) is 5.91 Å². The molecule has 2 aromatic rings. The second kappa shape index (κ2) is 8.82. The molecule has 0 spiro atoms. The second-order valence-electron chi connectivity index (χ2n) is 5.31. The molecule has 0 fully saturated rings. The molecule has 9 heteroatoms. The lowest BCUT2D eigenvalue weighted by molar-refractivity contribution is -0.120. The smallest absolute Gasteiger partial charge is 0.263 e. The molecule has 136 valence electrons. The van der Waals surface area contributed by atoms with Crippen LogP contribution in [-0.4, -0.2) is 33.0 Å². The normalized spacial score (nSPS) is 11.1. The number of nitrogens with zero attached hydrogens (tertiary/aromatic N) is 1. The van der Waals surface area contributed by atoms with Crippen LogP contribution in [0.2, 0.25) is 0 Å². The van der Waals surface area contributed by atoms with Crippen molar-refractivity contribution in [2.45, 2.75) is 31.1 Å². The van der Waals surface area contributed by atoms with Crippen molar-refractivity contribution < 1.29 is 17.9 Å². The number of aromatic nitrogens is 1. The predicted octanol–water partition coefficient (Wildman–Crippen LogP) is 2.41. The molecule has 0 aliphatic rings. The third kappa shape index (κ3) is 5.71. The topological polar surface area (TPSA) is 97.4 Å². The van der Waals surface area contributed by atoms with Crippen LogP contribution >= 0.6 is 11.3 Å². The summed E-state index contributed by atoms with van der Waals surface area (Å²) in [6.45, 7) is 2.68. The van der Waals surface area contributed by atoms with Crippen LogP contribution in [0.15, 0.2) is 34.5 Å². The summed E-state index contributed by atoms with van der Waals surface area (Å²) < 4.78 is 32.1. The molecule has 2 N–H and O–H groups in total. The summed E-state index contributed by atoms with van der Waals surface area (Å²) in [6, 6.07) is 6.05. The number of carbonyl (C=O) groups excluding carboxylic acids is 1. The van der Waals surface area contributed by atoms with Gasteiger partial charge in [0.1, 0.15) is 5.75 Å². The lowest BCUT2D eigenvalue weighted by Gasteiger charge is -2.06. The lowest BCUT2D eigenvalue weighted by atomic mass is 10.3. The average molecular weight is 383 g/mol. The van der Waals surface area contributed by atoms with E-state index in [-0.39, 0.29) is 22.4 Å². The van der Waals surface area contributed by atoms with Gasteiger partial charge in [-0.1, -0.05) is 13.3 Å². The van der Waals surface area contributed by atoms with Crippen molar-refractivity contribution in [2.75, 3.05) is 18.4 Å². The molecule has 0 aliphatic heterocycles. The van der Waals surface area contributed by atoms with Gasteiger partial charge in [-0.15, -0.1) is 11.3 Å². The highest BCUT2D eigenvalue weighted by Crippen LogP contribution is 2.22. The van der Waals surface area contributed by atoms with E-state index in [0.717, 1.165) is 24.2 Å². The Hall–Kier alpha value is -2.13. The van der Waals surface area contributed by atoms with Gasteiger partial charge in [-0.3, -0.25) is 9.52 Å². The molecule has 7 nitrogen and oxygen atoms in total. The fraction of sp³-hybridized carbons (Fsp3) is 0.375. The number of hydrogen-bond acceptors (Lipinski definition) is 6. The third-order valence-corrected chi connectivity index (χ3v) is 5.63. The van der Waals surface area contributed by atoms with Crippen molar-refractivity contribution >= 4 is 32.4 Å². The maximum absolute atomic E-state index is 12.3. The molecule has 0 atom stereocenters. The Labute approximate surface area is 151 Å². The molecule has 1 amide bonds. The number of nitrogens with one attached hydrogen (secondary N) is 2. The fourth-order valence-corrected chi connectivity index (χ4v) is 3.96. The number of sulfonamides is 1. The van der Waals surface area contributed by atoms with Gasteiger partial charge in [-0.2, -0.15) is 0 Å². The molecule has 1 aromatic heterocycles. The van der Waals surface area contributed by atoms with Crippen LogP contribution in [0.1, 0.15) is 25.5 Å². The van der Waals surface area contributed by atoms with E-state index in [1.165, 1.54) is 19.2 Å². The van der Waals surface area contributed by atoms with E-state index < -0.39 is 10.0 Å². The summed E-state index contributed by atoms with van der Waals surface area (Å²) >= 11 is 1.14. The zero-order valence-corrected chi connectivity index (χ0v) is 15.7. The fourth-order valence-electron chi connectivity index (χ4n) is 2.00. The highest BCUT2D eigenvalue weighted by molar-refractivity contribution is 7.93. The van der Waals surface area contributed by atoms with Crippen molar-refractivity contribution in [2.24, 2.45) is 0 Å². The Morgan fingerprint density at radius 2 is 2.00 bits per heavy atom. The monoisotopic (exact) mass is 383 g/mol. The zero-order chi connectivity index (χ0) is 18.3. The number of methoxy groups -OCH3 is 1. The van der Waals surface area contributed by atoms with E-state index in [4.69, 9.17) is 4.74 Å². The minimum Gasteiger partial charge on any atom is -0.497 e. The van der Waals surface area contributed by atoms with Crippen LogP contribution in [0.25, 0.3) is 0 Å². The minimum atomic E-state index is -3.73. The van der Waals surface area contributed by atoms with Crippen LogP contribution in [0, 0.1) is 0 Å². The molecule has 1 aromatic carbocycles. The van der Waals surface area contributed by atoms with Crippen molar-refractivity contribution in [3.8, 4) is 5.75 Å². The minimum absolute atomic E-state index is 0.113. The maximum Gasteiger partial charge on any atom is 0.263 e. The van der Waals surface area contributed by atoms with Gasteiger partial charge in [-0.25, -0.2) is 13.4 Å². The summed E-state index contributed by atoms with van der Waals surface area (Å²) in [6.07, 6.45) is 2.06. The molecule has 0 unspecified atom stereocenters. The first-order chi connectivity index (χ1) is 11.9. The first-order valence-electron chi connectivity index (χ1n) is 7.82. The van der Waals surface area contributed by atoms with Gasteiger partial charge in [0, 0.05) is 11.9 Å². The summed E-state index contributed by atoms with van der Waals surface area (Å²) in [7, 11) is -2.22. The number of carbonyl (C=O) groups is 1.